The topological polar surface area (TPSA) is 20.2 Å². The zero-order chi connectivity index (χ0) is 8.39. The van der Waals surface area contributed by atoms with Gasteiger partial charge >= 0.3 is 0 Å². The molecule has 0 unspecified atom stereocenters. The summed E-state index contributed by atoms with van der Waals surface area (Å²) in [6, 6.07) is 0. The molecule has 0 aromatic rings. The second kappa shape index (κ2) is 3.78. The molecule has 1 heteroatoms. The van der Waals surface area contributed by atoms with Crippen molar-refractivity contribution in [3.8, 4) is 0 Å². The molecule has 1 nitrogen and oxygen atoms in total. The first-order valence-electron chi connectivity index (χ1n) is 5.54. The largest absolute Gasteiger partial charge is 0.393 e. The fourth-order valence-electron chi connectivity index (χ4n) is 3.00. The van der Waals surface area contributed by atoms with Gasteiger partial charge in [-0.1, -0.05) is 25.7 Å². The number of aliphatic hydroxyl groups excluding tert-OH is 1. The van der Waals surface area contributed by atoms with Crippen LogP contribution in [0.2, 0.25) is 0 Å². The minimum atomic E-state index is 0.0302. The van der Waals surface area contributed by atoms with Crippen LogP contribution >= 0.6 is 0 Å². The summed E-state index contributed by atoms with van der Waals surface area (Å²) in [5, 5.41) is 9.37. The van der Waals surface area contributed by atoms with Crippen molar-refractivity contribution in [3.63, 3.8) is 0 Å². The molecule has 0 saturated heterocycles. The van der Waals surface area contributed by atoms with Crippen LogP contribution in [0.4, 0.5) is 0 Å². The molecule has 0 aromatic heterocycles. The first kappa shape index (κ1) is 8.55. The standard InChI is InChI=1S/C11H20O/c12-11-7-5-10(6-8-11)9-3-1-2-4-9/h9-12H,1-8H2/t10-,11+. The van der Waals surface area contributed by atoms with E-state index < -0.39 is 0 Å². The van der Waals surface area contributed by atoms with Crippen molar-refractivity contribution in [1.82, 2.24) is 0 Å². The fourth-order valence-corrected chi connectivity index (χ4v) is 3.00. The van der Waals surface area contributed by atoms with E-state index in [1.807, 2.05) is 0 Å². The third-order valence-corrected chi connectivity index (χ3v) is 3.81. The Morgan fingerprint density at radius 3 is 1.75 bits per heavy atom. The Bertz CT molecular complexity index is 130. The number of hydrogen-bond donors (Lipinski definition) is 1. The van der Waals surface area contributed by atoms with E-state index in [4.69, 9.17) is 0 Å². The van der Waals surface area contributed by atoms with Crippen molar-refractivity contribution in [3.05, 3.63) is 0 Å². The van der Waals surface area contributed by atoms with Crippen LogP contribution < -0.4 is 0 Å². The van der Waals surface area contributed by atoms with Crippen molar-refractivity contribution >= 4 is 0 Å². The third kappa shape index (κ3) is 1.82. The molecular weight excluding hydrogens is 148 g/mol. The first-order chi connectivity index (χ1) is 5.86. The number of hydrogen-bond acceptors (Lipinski definition) is 1. The Kier molecular flexibility index (Phi) is 2.69. The Morgan fingerprint density at radius 2 is 1.17 bits per heavy atom. The molecule has 0 atom stereocenters. The molecule has 70 valence electrons. The normalized spacial score (nSPS) is 38.8. The molecule has 0 aliphatic heterocycles. The lowest BCUT2D eigenvalue weighted by Gasteiger charge is -2.29. The van der Waals surface area contributed by atoms with Gasteiger partial charge in [-0.15, -0.1) is 0 Å². The lowest BCUT2D eigenvalue weighted by atomic mass is 9.78. The van der Waals surface area contributed by atoms with Crippen molar-refractivity contribution in [1.29, 1.82) is 0 Å². The van der Waals surface area contributed by atoms with Gasteiger partial charge in [0, 0.05) is 0 Å². The highest BCUT2D eigenvalue weighted by molar-refractivity contribution is 4.80. The Morgan fingerprint density at radius 1 is 0.667 bits per heavy atom. The molecule has 2 aliphatic rings. The first-order valence-corrected chi connectivity index (χ1v) is 5.54. The quantitative estimate of drug-likeness (QED) is 0.638. The molecule has 2 fully saturated rings. The average molecular weight is 168 g/mol. The van der Waals surface area contributed by atoms with Gasteiger partial charge in [0.2, 0.25) is 0 Å². The molecule has 12 heavy (non-hydrogen) atoms. The van der Waals surface area contributed by atoms with Crippen LogP contribution in [0.1, 0.15) is 51.4 Å². The Labute approximate surface area is 75.2 Å². The Balaban J connectivity index is 1.80. The van der Waals surface area contributed by atoms with Crippen molar-refractivity contribution < 1.29 is 5.11 Å². The molecule has 1 N–H and O–H groups in total. The van der Waals surface area contributed by atoms with Crippen LogP contribution in [0.3, 0.4) is 0 Å². The lowest BCUT2D eigenvalue weighted by Crippen LogP contribution is -2.22. The summed E-state index contributed by atoms with van der Waals surface area (Å²) in [4.78, 5) is 0. The van der Waals surface area contributed by atoms with E-state index in [9.17, 15) is 5.11 Å². The third-order valence-electron chi connectivity index (χ3n) is 3.81. The predicted molar refractivity (Wildman–Crippen MR) is 49.9 cm³/mol. The van der Waals surface area contributed by atoms with E-state index in [-0.39, 0.29) is 6.10 Å². The van der Waals surface area contributed by atoms with Crippen LogP contribution in [0.15, 0.2) is 0 Å². The molecule has 0 amide bonds. The van der Waals surface area contributed by atoms with Gasteiger partial charge in [-0.05, 0) is 37.5 Å². The summed E-state index contributed by atoms with van der Waals surface area (Å²) >= 11 is 0. The van der Waals surface area contributed by atoms with E-state index >= 15 is 0 Å². The van der Waals surface area contributed by atoms with Crippen LogP contribution in [-0.2, 0) is 0 Å². The molecule has 0 bridgehead atoms. The summed E-state index contributed by atoms with van der Waals surface area (Å²) in [6.07, 6.45) is 10.6. The highest BCUT2D eigenvalue weighted by Crippen LogP contribution is 2.39. The van der Waals surface area contributed by atoms with Crippen molar-refractivity contribution in [2.45, 2.75) is 57.5 Å². The van der Waals surface area contributed by atoms with Crippen LogP contribution in [0.25, 0.3) is 0 Å². The van der Waals surface area contributed by atoms with Gasteiger partial charge in [-0.2, -0.15) is 0 Å². The summed E-state index contributed by atoms with van der Waals surface area (Å²) in [6.45, 7) is 0. The minimum absolute atomic E-state index is 0.0302. The van der Waals surface area contributed by atoms with Gasteiger partial charge in [0.05, 0.1) is 6.10 Å². The average Bonchev–Trinajstić information content (AvgIpc) is 2.58. The van der Waals surface area contributed by atoms with Gasteiger partial charge < -0.3 is 5.11 Å². The smallest absolute Gasteiger partial charge is 0.0540 e. The number of aliphatic hydroxyl groups is 1. The minimum Gasteiger partial charge on any atom is -0.393 e. The second-order valence-electron chi connectivity index (χ2n) is 4.61. The van der Waals surface area contributed by atoms with Crippen LogP contribution in [0.5, 0.6) is 0 Å². The van der Waals surface area contributed by atoms with E-state index in [1.54, 1.807) is 0 Å². The van der Waals surface area contributed by atoms with E-state index in [0.717, 1.165) is 24.7 Å². The molecule has 2 aliphatic carbocycles. The zero-order valence-corrected chi connectivity index (χ0v) is 7.84. The van der Waals surface area contributed by atoms with Crippen LogP contribution in [0, 0.1) is 11.8 Å². The lowest BCUT2D eigenvalue weighted by molar-refractivity contribution is 0.0918. The molecule has 0 spiro atoms. The van der Waals surface area contributed by atoms with E-state index in [0.29, 0.717) is 0 Å². The molecule has 0 aromatic carbocycles. The van der Waals surface area contributed by atoms with Crippen LogP contribution in [-0.4, -0.2) is 11.2 Å². The SMILES string of the molecule is O[C@H]1CC[C@@H](C2CCCC2)CC1. The highest BCUT2D eigenvalue weighted by atomic mass is 16.3. The second-order valence-corrected chi connectivity index (χ2v) is 4.61. The maximum absolute atomic E-state index is 9.37. The Hall–Kier alpha value is -0.0400. The fraction of sp³-hybridized carbons (Fsp3) is 1.00. The van der Waals surface area contributed by atoms with Gasteiger partial charge in [-0.25, -0.2) is 0 Å². The maximum atomic E-state index is 9.37. The highest BCUT2D eigenvalue weighted by Gasteiger charge is 2.28. The van der Waals surface area contributed by atoms with Crippen molar-refractivity contribution in [2.24, 2.45) is 11.8 Å². The van der Waals surface area contributed by atoms with E-state index in [2.05, 4.69) is 0 Å². The monoisotopic (exact) mass is 168 g/mol. The van der Waals surface area contributed by atoms with Gasteiger partial charge in [-0.3, -0.25) is 0 Å². The van der Waals surface area contributed by atoms with Gasteiger partial charge in [0.15, 0.2) is 0 Å². The molecule has 0 heterocycles. The van der Waals surface area contributed by atoms with E-state index in [1.165, 1.54) is 38.5 Å². The summed E-state index contributed by atoms with van der Waals surface area (Å²) in [5.41, 5.74) is 0. The van der Waals surface area contributed by atoms with Gasteiger partial charge in [0.25, 0.3) is 0 Å². The zero-order valence-electron chi connectivity index (χ0n) is 7.84. The summed E-state index contributed by atoms with van der Waals surface area (Å²) in [7, 11) is 0. The molecule has 2 rings (SSSR count). The maximum Gasteiger partial charge on any atom is 0.0540 e. The molecule has 2 saturated carbocycles. The summed E-state index contributed by atoms with van der Waals surface area (Å²) < 4.78 is 0. The molecule has 0 radical (unpaired) electrons. The molecular formula is C11H20O. The van der Waals surface area contributed by atoms with Crippen molar-refractivity contribution in [2.75, 3.05) is 0 Å². The summed E-state index contributed by atoms with van der Waals surface area (Å²) in [5.74, 6) is 1.99. The van der Waals surface area contributed by atoms with Gasteiger partial charge in [0.1, 0.15) is 0 Å². The predicted octanol–water partition coefficient (Wildman–Crippen LogP) is 2.73. The number of rotatable bonds is 1.